The highest BCUT2D eigenvalue weighted by atomic mass is 35.5. The molecule has 3 aromatic rings. The molecule has 1 heterocycles. The van der Waals surface area contributed by atoms with Gasteiger partial charge in [-0.25, -0.2) is 0 Å². The lowest BCUT2D eigenvalue weighted by molar-refractivity contribution is 0.671. The molecule has 1 aromatic heterocycles. The van der Waals surface area contributed by atoms with Crippen LogP contribution in [0.3, 0.4) is 0 Å². The average molecular weight is 330 g/mol. The summed E-state index contributed by atoms with van der Waals surface area (Å²) in [6.07, 6.45) is 2.29. The molecule has 0 radical (unpaired) electrons. The van der Waals surface area contributed by atoms with E-state index in [4.69, 9.17) is 23.2 Å². The minimum Gasteiger partial charge on any atom is -0.342 e. The van der Waals surface area contributed by atoms with Gasteiger partial charge in [0.25, 0.3) is 0 Å². The Labute approximate surface area is 140 Å². The summed E-state index contributed by atoms with van der Waals surface area (Å²) in [5.74, 6) is 0.590. The smallest absolute Gasteiger partial charge is 0.0677 e. The number of aryl methyl sites for hydroxylation is 2. The molecule has 1 aliphatic rings. The first kappa shape index (κ1) is 14.2. The van der Waals surface area contributed by atoms with Crippen molar-refractivity contribution in [2.24, 2.45) is 7.05 Å². The molecule has 1 atom stereocenters. The van der Waals surface area contributed by atoms with Crippen molar-refractivity contribution in [2.45, 2.75) is 25.7 Å². The molecule has 4 rings (SSSR count). The van der Waals surface area contributed by atoms with Gasteiger partial charge in [-0.2, -0.15) is 0 Å². The SMILES string of the molecule is CC1CCc2c(-c3ccc(Cl)cc3)n(C)c3c(Cl)ccc1c23. The number of hydrogen-bond donors (Lipinski definition) is 0. The highest BCUT2D eigenvalue weighted by Crippen LogP contribution is 2.45. The van der Waals surface area contributed by atoms with Crippen LogP contribution in [0, 0.1) is 0 Å². The molecule has 0 amide bonds. The Bertz CT molecular complexity index is 875. The maximum atomic E-state index is 6.52. The topological polar surface area (TPSA) is 4.93 Å². The summed E-state index contributed by atoms with van der Waals surface area (Å²) in [4.78, 5) is 0. The molecule has 3 heteroatoms. The van der Waals surface area contributed by atoms with E-state index in [1.807, 2.05) is 18.2 Å². The normalized spacial score (nSPS) is 17.2. The molecule has 1 unspecified atom stereocenters. The summed E-state index contributed by atoms with van der Waals surface area (Å²) in [5.41, 5.74) is 6.49. The van der Waals surface area contributed by atoms with Crippen LogP contribution in [-0.4, -0.2) is 4.57 Å². The van der Waals surface area contributed by atoms with Gasteiger partial charge in [-0.05, 0) is 53.6 Å². The minimum atomic E-state index is 0.590. The lowest BCUT2D eigenvalue weighted by Crippen LogP contribution is -2.04. The van der Waals surface area contributed by atoms with Gasteiger partial charge in [0.1, 0.15) is 0 Å². The zero-order valence-corrected chi connectivity index (χ0v) is 14.2. The quantitative estimate of drug-likeness (QED) is 0.500. The first-order valence-corrected chi connectivity index (χ1v) is 8.39. The Morgan fingerprint density at radius 3 is 2.50 bits per heavy atom. The zero-order chi connectivity index (χ0) is 15.4. The number of aromatic nitrogens is 1. The molecule has 22 heavy (non-hydrogen) atoms. The van der Waals surface area contributed by atoms with Gasteiger partial charge in [0.15, 0.2) is 0 Å². The molecule has 0 fully saturated rings. The van der Waals surface area contributed by atoms with Gasteiger partial charge >= 0.3 is 0 Å². The summed E-state index contributed by atoms with van der Waals surface area (Å²) in [7, 11) is 2.11. The fourth-order valence-electron chi connectivity index (χ4n) is 3.81. The van der Waals surface area contributed by atoms with Crippen molar-refractivity contribution in [1.82, 2.24) is 4.57 Å². The Morgan fingerprint density at radius 2 is 1.77 bits per heavy atom. The Balaban J connectivity index is 2.11. The first-order valence-electron chi connectivity index (χ1n) is 7.63. The highest BCUT2D eigenvalue weighted by molar-refractivity contribution is 6.35. The van der Waals surface area contributed by atoms with E-state index in [2.05, 4.69) is 36.7 Å². The molecule has 0 N–H and O–H groups in total. The van der Waals surface area contributed by atoms with E-state index in [1.54, 1.807) is 0 Å². The molecular weight excluding hydrogens is 313 g/mol. The number of benzene rings is 2. The molecule has 0 spiro atoms. The zero-order valence-electron chi connectivity index (χ0n) is 12.7. The van der Waals surface area contributed by atoms with Crippen LogP contribution < -0.4 is 0 Å². The van der Waals surface area contributed by atoms with E-state index < -0.39 is 0 Å². The van der Waals surface area contributed by atoms with E-state index >= 15 is 0 Å². The van der Waals surface area contributed by atoms with Gasteiger partial charge in [-0.15, -0.1) is 0 Å². The van der Waals surface area contributed by atoms with Gasteiger partial charge in [0.2, 0.25) is 0 Å². The number of nitrogens with zero attached hydrogens (tertiary/aromatic N) is 1. The van der Waals surface area contributed by atoms with Crippen molar-refractivity contribution >= 4 is 34.1 Å². The number of halogens is 2. The van der Waals surface area contributed by atoms with Crippen molar-refractivity contribution in [3.8, 4) is 11.3 Å². The van der Waals surface area contributed by atoms with Crippen LogP contribution in [-0.2, 0) is 13.5 Å². The van der Waals surface area contributed by atoms with Gasteiger partial charge in [-0.1, -0.05) is 48.3 Å². The van der Waals surface area contributed by atoms with Crippen LogP contribution in [0.15, 0.2) is 36.4 Å². The van der Waals surface area contributed by atoms with Crippen molar-refractivity contribution in [2.75, 3.05) is 0 Å². The fourth-order valence-corrected chi connectivity index (χ4v) is 4.22. The molecule has 2 aromatic carbocycles. The monoisotopic (exact) mass is 329 g/mol. The summed E-state index contributed by atoms with van der Waals surface area (Å²) in [6.45, 7) is 2.31. The highest BCUT2D eigenvalue weighted by Gasteiger charge is 2.26. The minimum absolute atomic E-state index is 0.590. The summed E-state index contributed by atoms with van der Waals surface area (Å²) in [6, 6.07) is 12.3. The van der Waals surface area contributed by atoms with E-state index in [0.717, 1.165) is 22.0 Å². The maximum Gasteiger partial charge on any atom is 0.0677 e. The van der Waals surface area contributed by atoms with Crippen molar-refractivity contribution in [1.29, 1.82) is 0 Å². The van der Waals surface area contributed by atoms with Crippen LogP contribution in [0.1, 0.15) is 30.4 Å². The molecule has 0 aliphatic heterocycles. The number of hydrogen-bond acceptors (Lipinski definition) is 0. The predicted octanol–water partition coefficient (Wildman–Crippen LogP) is 6.20. The lowest BCUT2D eigenvalue weighted by atomic mass is 9.83. The predicted molar refractivity (Wildman–Crippen MR) is 95.1 cm³/mol. The Morgan fingerprint density at radius 1 is 1.05 bits per heavy atom. The van der Waals surface area contributed by atoms with Crippen LogP contribution in [0.2, 0.25) is 10.0 Å². The summed E-state index contributed by atoms with van der Waals surface area (Å²) in [5, 5.41) is 2.96. The Kier molecular flexibility index (Phi) is 3.25. The fraction of sp³-hybridized carbons (Fsp3) is 0.263. The van der Waals surface area contributed by atoms with Crippen molar-refractivity contribution in [3.05, 3.63) is 57.6 Å². The number of rotatable bonds is 1. The van der Waals surface area contributed by atoms with Gasteiger partial charge in [0.05, 0.1) is 16.2 Å². The van der Waals surface area contributed by atoms with Gasteiger partial charge in [-0.3, -0.25) is 0 Å². The average Bonchev–Trinajstić information content (AvgIpc) is 2.80. The second kappa shape index (κ2) is 5.04. The lowest BCUT2D eigenvalue weighted by Gasteiger charge is -2.20. The third kappa shape index (κ3) is 1.92. The van der Waals surface area contributed by atoms with E-state index in [9.17, 15) is 0 Å². The molecular formula is C19H17Cl2N. The standard InChI is InChI=1S/C19H17Cl2N/c1-11-3-8-15-17-14(11)9-10-16(21)19(17)22(2)18(15)12-4-6-13(20)7-5-12/h4-7,9-11H,3,8H2,1-2H3. The molecule has 112 valence electrons. The second-order valence-corrected chi connectivity index (χ2v) is 7.04. The summed E-state index contributed by atoms with van der Waals surface area (Å²) >= 11 is 12.6. The van der Waals surface area contributed by atoms with Crippen LogP contribution in [0.25, 0.3) is 22.2 Å². The molecule has 0 saturated carbocycles. The van der Waals surface area contributed by atoms with Crippen molar-refractivity contribution in [3.63, 3.8) is 0 Å². The third-order valence-electron chi connectivity index (χ3n) is 4.90. The molecule has 0 saturated heterocycles. The molecule has 1 nitrogen and oxygen atoms in total. The Hall–Kier alpha value is -1.44. The first-order chi connectivity index (χ1) is 10.6. The van der Waals surface area contributed by atoms with E-state index in [1.165, 1.54) is 34.2 Å². The third-order valence-corrected chi connectivity index (χ3v) is 5.45. The van der Waals surface area contributed by atoms with Crippen molar-refractivity contribution < 1.29 is 0 Å². The van der Waals surface area contributed by atoms with E-state index in [-0.39, 0.29) is 0 Å². The van der Waals surface area contributed by atoms with E-state index in [0.29, 0.717) is 5.92 Å². The summed E-state index contributed by atoms with van der Waals surface area (Å²) < 4.78 is 2.25. The largest absolute Gasteiger partial charge is 0.342 e. The van der Waals surface area contributed by atoms with Crippen LogP contribution >= 0.6 is 23.2 Å². The van der Waals surface area contributed by atoms with Crippen LogP contribution in [0.4, 0.5) is 0 Å². The second-order valence-electron chi connectivity index (χ2n) is 6.19. The van der Waals surface area contributed by atoms with Gasteiger partial charge < -0.3 is 4.57 Å². The molecule has 0 bridgehead atoms. The maximum absolute atomic E-state index is 6.52. The molecule has 1 aliphatic carbocycles. The van der Waals surface area contributed by atoms with Crippen LogP contribution in [0.5, 0.6) is 0 Å². The van der Waals surface area contributed by atoms with Gasteiger partial charge in [0, 0.05) is 17.5 Å².